The molecule has 0 spiro atoms. The fourth-order valence-corrected chi connectivity index (χ4v) is 3.59. The number of ether oxygens (including phenoxy) is 2. The summed E-state index contributed by atoms with van der Waals surface area (Å²) < 4.78 is 12.3. The summed E-state index contributed by atoms with van der Waals surface area (Å²) in [7, 11) is 1.55. The van der Waals surface area contributed by atoms with Gasteiger partial charge in [0.15, 0.2) is 5.82 Å². The minimum atomic E-state index is -0.601. The molecule has 4 rings (SSSR count). The fraction of sp³-hybridized carbons (Fsp3) is 0.375. The molecule has 1 aliphatic heterocycles. The molecule has 2 amide bonds. The lowest BCUT2D eigenvalue weighted by molar-refractivity contribution is -0.118. The van der Waals surface area contributed by atoms with E-state index >= 15 is 0 Å². The Labute approximate surface area is 198 Å². The second-order valence-electron chi connectivity index (χ2n) is 8.84. The van der Waals surface area contributed by atoms with Crippen LogP contribution in [0.2, 0.25) is 0 Å². The Morgan fingerprint density at radius 2 is 1.88 bits per heavy atom. The van der Waals surface area contributed by atoms with Crippen LogP contribution in [0.25, 0.3) is 17.1 Å². The molecule has 0 atom stereocenters. The molecule has 1 fully saturated rings. The lowest BCUT2D eigenvalue weighted by Gasteiger charge is -2.26. The van der Waals surface area contributed by atoms with Gasteiger partial charge in [0.1, 0.15) is 5.60 Å². The lowest BCUT2D eigenvalue weighted by Crippen LogP contribution is -2.39. The van der Waals surface area contributed by atoms with Crippen molar-refractivity contribution < 1.29 is 19.1 Å². The van der Waals surface area contributed by atoms with Gasteiger partial charge in [-0.25, -0.2) is 14.5 Å². The maximum absolute atomic E-state index is 13.0. The van der Waals surface area contributed by atoms with Crippen molar-refractivity contribution >= 4 is 17.8 Å². The molecular formula is C24H28N6O4. The summed E-state index contributed by atoms with van der Waals surface area (Å²) in [6.45, 7) is 6.40. The molecule has 0 unspecified atom stereocenters. The first-order valence-corrected chi connectivity index (χ1v) is 11.1. The van der Waals surface area contributed by atoms with Gasteiger partial charge in [-0.15, -0.1) is 5.10 Å². The second kappa shape index (κ2) is 9.50. The van der Waals surface area contributed by atoms with E-state index in [1.807, 2.05) is 51.1 Å². The largest absolute Gasteiger partial charge is 0.481 e. The highest BCUT2D eigenvalue weighted by atomic mass is 16.6. The second-order valence-corrected chi connectivity index (χ2v) is 8.84. The van der Waals surface area contributed by atoms with Crippen LogP contribution in [0.3, 0.4) is 0 Å². The molecule has 0 N–H and O–H groups in total. The van der Waals surface area contributed by atoms with E-state index < -0.39 is 11.7 Å². The Balaban J connectivity index is 1.65. The summed E-state index contributed by atoms with van der Waals surface area (Å²) in [6.07, 6.45) is 3.10. The zero-order valence-corrected chi connectivity index (χ0v) is 19.8. The minimum Gasteiger partial charge on any atom is -0.481 e. The third kappa shape index (κ3) is 5.16. The van der Waals surface area contributed by atoms with E-state index in [4.69, 9.17) is 14.6 Å². The number of pyridine rings is 2. The molecule has 3 aromatic rings. The van der Waals surface area contributed by atoms with Gasteiger partial charge in [0, 0.05) is 44.4 Å². The van der Waals surface area contributed by atoms with Crippen LogP contribution in [0.5, 0.6) is 5.88 Å². The van der Waals surface area contributed by atoms with Crippen molar-refractivity contribution in [3.05, 3.63) is 48.8 Å². The third-order valence-electron chi connectivity index (χ3n) is 5.22. The summed E-state index contributed by atoms with van der Waals surface area (Å²) in [5, 5.41) is 4.72. The van der Waals surface area contributed by atoms with Crippen molar-refractivity contribution in [2.75, 3.05) is 31.6 Å². The summed E-state index contributed by atoms with van der Waals surface area (Å²) in [6, 6.07) is 11.0. The van der Waals surface area contributed by atoms with Crippen molar-refractivity contribution in [2.24, 2.45) is 0 Å². The number of hydrogen-bond acceptors (Lipinski definition) is 7. The zero-order valence-electron chi connectivity index (χ0n) is 19.8. The van der Waals surface area contributed by atoms with Gasteiger partial charge >= 0.3 is 6.09 Å². The Hall–Kier alpha value is -3.95. The third-order valence-corrected chi connectivity index (χ3v) is 5.22. The van der Waals surface area contributed by atoms with Crippen LogP contribution < -0.4 is 9.64 Å². The number of rotatable bonds is 4. The van der Waals surface area contributed by atoms with Crippen molar-refractivity contribution in [2.45, 2.75) is 32.8 Å². The van der Waals surface area contributed by atoms with E-state index in [0.717, 1.165) is 0 Å². The van der Waals surface area contributed by atoms with Gasteiger partial charge < -0.3 is 14.4 Å². The van der Waals surface area contributed by atoms with Crippen LogP contribution >= 0.6 is 0 Å². The molecule has 34 heavy (non-hydrogen) atoms. The normalized spacial score (nSPS) is 14.6. The van der Waals surface area contributed by atoms with E-state index in [9.17, 15) is 9.59 Å². The highest BCUT2D eigenvalue weighted by Gasteiger charge is 2.29. The first-order chi connectivity index (χ1) is 16.2. The highest BCUT2D eigenvalue weighted by Crippen LogP contribution is 2.28. The molecule has 10 heteroatoms. The monoisotopic (exact) mass is 464 g/mol. The van der Waals surface area contributed by atoms with Crippen molar-refractivity contribution in [1.82, 2.24) is 24.6 Å². The Morgan fingerprint density at radius 3 is 2.53 bits per heavy atom. The van der Waals surface area contributed by atoms with Crippen LogP contribution in [0.1, 0.15) is 27.2 Å². The van der Waals surface area contributed by atoms with Crippen LogP contribution in [-0.4, -0.2) is 69.0 Å². The number of anilines is 1. The Kier molecular flexibility index (Phi) is 6.49. The van der Waals surface area contributed by atoms with Gasteiger partial charge in [-0.3, -0.25) is 14.7 Å². The number of carbonyl (C=O) groups is 2. The Morgan fingerprint density at radius 1 is 1.06 bits per heavy atom. The molecule has 0 bridgehead atoms. The van der Waals surface area contributed by atoms with Gasteiger partial charge in [-0.05, 0) is 39.0 Å². The number of hydrogen-bond donors (Lipinski definition) is 0. The number of nitrogens with zero attached hydrogens (tertiary/aromatic N) is 6. The van der Waals surface area contributed by atoms with Crippen LogP contribution in [0.4, 0.5) is 10.6 Å². The van der Waals surface area contributed by atoms with Gasteiger partial charge in [0.2, 0.25) is 11.8 Å². The zero-order chi connectivity index (χ0) is 24.3. The molecule has 1 aliphatic rings. The van der Waals surface area contributed by atoms with E-state index in [0.29, 0.717) is 48.4 Å². The van der Waals surface area contributed by atoms with Gasteiger partial charge in [0.05, 0.1) is 30.4 Å². The molecule has 0 aromatic carbocycles. The molecule has 178 valence electrons. The average Bonchev–Trinajstić information content (AvgIpc) is 3.16. The molecule has 0 saturated carbocycles. The quantitative estimate of drug-likeness (QED) is 0.584. The lowest BCUT2D eigenvalue weighted by atomic mass is 10.2. The van der Waals surface area contributed by atoms with Crippen molar-refractivity contribution in [3.63, 3.8) is 0 Å². The summed E-state index contributed by atoms with van der Waals surface area (Å²) >= 11 is 0. The summed E-state index contributed by atoms with van der Waals surface area (Å²) in [5.74, 6) is 0.851. The summed E-state index contributed by atoms with van der Waals surface area (Å²) in [4.78, 5) is 37.4. The first-order valence-electron chi connectivity index (χ1n) is 11.1. The first kappa shape index (κ1) is 23.2. The van der Waals surface area contributed by atoms with Gasteiger partial charge in [-0.2, -0.15) is 0 Å². The maximum Gasteiger partial charge on any atom is 0.410 e. The number of amides is 2. The van der Waals surface area contributed by atoms with Crippen LogP contribution in [0, 0.1) is 0 Å². The average molecular weight is 465 g/mol. The van der Waals surface area contributed by atoms with E-state index in [1.54, 1.807) is 40.1 Å². The van der Waals surface area contributed by atoms with E-state index in [2.05, 4.69) is 9.97 Å². The fourth-order valence-electron chi connectivity index (χ4n) is 3.59. The molecule has 3 aromatic heterocycles. The van der Waals surface area contributed by atoms with Crippen LogP contribution in [-0.2, 0) is 9.53 Å². The molecule has 0 radical (unpaired) electrons. The molecule has 4 heterocycles. The predicted octanol–water partition coefficient (Wildman–Crippen LogP) is 3.31. The SMILES string of the molecule is COc1ccc(-n2nc(N3CCN(C(=O)OC(C)(C)C)CCC3=O)cc2-c2ccccn2)cn1. The molecule has 0 aliphatic carbocycles. The van der Waals surface area contributed by atoms with Gasteiger partial charge in [0.25, 0.3) is 0 Å². The smallest absolute Gasteiger partial charge is 0.410 e. The minimum absolute atomic E-state index is 0.115. The van der Waals surface area contributed by atoms with Crippen LogP contribution in [0.15, 0.2) is 48.8 Å². The summed E-state index contributed by atoms with van der Waals surface area (Å²) in [5.41, 5.74) is 1.51. The standard InChI is InChI=1S/C24H28N6O4/c1-24(2,3)34-23(32)28-12-10-22(31)29(14-13-28)20-15-19(18-7-5-6-11-25-18)30(27-20)17-8-9-21(33-4)26-16-17/h5-9,11,15-16H,10,12-14H2,1-4H3. The highest BCUT2D eigenvalue weighted by molar-refractivity contribution is 5.93. The number of aromatic nitrogens is 4. The number of methoxy groups -OCH3 is 1. The predicted molar refractivity (Wildman–Crippen MR) is 126 cm³/mol. The Bertz CT molecular complexity index is 1150. The molecule has 1 saturated heterocycles. The van der Waals surface area contributed by atoms with Gasteiger partial charge in [-0.1, -0.05) is 6.07 Å². The van der Waals surface area contributed by atoms with Crippen molar-refractivity contribution in [1.29, 1.82) is 0 Å². The van der Waals surface area contributed by atoms with E-state index in [-0.39, 0.29) is 12.3 Å². The molecule has 10 nitrogen and oxygen atoms in total. The van der Waals surface area contributed by atoms with E-state index in [1.165, 1.54) is 0 Å². The van der Waals surface area contributed by atoms with Crippen molar-refractivity contribution in [3.8, 4) is 23.0 Å². The maximum atomic E-state index is 13.0. The number of carbonyl (C=O) groups excluding carboxylic acids is 2. The topological polar surface area (TPSA) is 103 Å². The molecular weight excluding hydrogens is 436 g/mol.